The molecule has 19 heavy (non-hydrogen) atoms. The van der Waals surface area contributed by atoms with Gasteiger partial charge < -0.3 is 5.32 Å². The van der Waals surface area contributed by atoms with E-state index in [9.17, 15) is 4.79 Å². The van der Waals surface area contributed by atoms with Crippen LogP contribution in [0.25, 0.3) is 0 Å². The Morgan fingerprint density at radius 3 is 2.84 bits per heavy atom. The molecule has 0 radical (unpaired) electrons. The summed E-state index contributed by atoms with van der Waals surface area (Å²) in [6.07, 6.45) is 3.96. The molecule has 0 spiro atoms. The van der Waals surface area contributed by atoms with Gasteiger partial charge >= 0.3 is 0 Å². The zero-order valence-electron chi connectivity index (χ0n) is 11.9. The van der Waals surface area contributed by atoms with Gasteiger partial charge in [0, 0.05) is 12.1 Å². The van der Waals surface area contributed by atoms with E-state index in [1.807, 2.05) is 12.4 Å². The lowest BCUT2D eigenvalue weighted by Crippen LogP contribution is -2.42. The number of ketones is 1. The summed E-state index contributed by atoms with van der Waals surface area (Å²) in [5, 5.41) is 3.53. The second kappa shape index (κ2) is 4.30. The molecule has 102 valence electrons. The predicted molar refractivity (Wildman–Crippen MR) is 74.9 cm³/mol. The molecule has 1 N–H and O–H groups in total. The summed E-state index contributed by atoms with van der Waals surface area (Å²) < 4.78 is 0. The number of likely N-dealkylation sites (N-methyl/N-ethyl adjacent to an activating group) is 1. The number of Topliss-reactive ketones (excluding diaryl/α,β-unsaturated/α-hetero) is 1. The molecule has 0 saturated carbocycles. The van der Waals surface area contributed by atoms with Crippen LogP contribution in [0.4, 0.5) is 5.69 Å². The van der Waals surface area contributed by atoms with Crippen molar-refractivity contribution in [2.75, 3.05) is 12.4 Å². The number of aromatic nitrogens is 1. The van der Waals surface area contributed by atoms with Crippen LogP contribution in [0.1, 0.15) is 32.3 Å². The number of nitrogens with one attached hydrogen (secondary N) is 1. The Kier molecular flexibility index (Phi) is 2.86. The third kappa shape index (κ3) is 1.70. The van der Waals surface area contributed by atoms with Gasteiger partial charge in [0.15, 0.2) is 0 Å². The van der Waals surface area contributed by atoms with E-state index in [4.69, 9.17) is 0 Å². The van der Waals surface area contributed by atoms with Crippen LogP contribution < -0.4 is 5.32 Å². The monoisotopic (exact) mass is 259 g/mol. The van der Waals surface area contributed by atoms with Gasteiger partial charge in [-0.2, -0.15) is 0 Å². The second-order valence-electron chi connectivity index (χ2n) is 6.12. The SMILES string of the molecule is CC(=O)C1C(C(C)C)C2c3ccncc3NC2N1C. The van der Waals surface area contributed by atoms with Gasteiger partial charge in [-0.25, -0.2) is 0 Å². The molecule has 4 atom stereocenters. The van der Waals surface area contributed by atoms with Crippen molar-refractivity contribution < 1.29 is 4.79 Å². The summed E-state index contributed by atoms with van der Waals surface area (Å²) in [4.78, 5) is 18.4. The lowest BCUT2D eigenvalue weighted by Gasteiger charge is -2.28. The van der Waals surface area contributed by atoms with E-state index in [0.717, 1.165) is 5.69 Å². The van der Waals surface area contributed by atoms with E-state index in [1.165, 1.54) is 5.56 Å². The molecular weight excluding hydrogens is 238 g/mol. The fourth-order valence-electron chi connectivity index (χ4n) is 3.99. The zero-order chi connectivity index (χ0) is 13.7. The number of likely N-dealkylation sites (tertiary alicyclic amines) is 1. The highest BCUT2D eigenvalue weighted by molar-refractivity contribution is 5.83. The van der Waals surface area contributed by atoms with Crippen LogP contribution in [0.15, 0.2) is 18.5 Å². The summed E-state index contributed by atoms with van der Waals surface area (Å²) in [6.45, 7) is 6.15. The fraction of sp³-hybridized carbons (Fsp3) is 0.600. The molecule has 2 aliphatic heterocycles. The van der Waals surface area contributed by atoms with Crippen LogP contribution in [0.2, 0.25) is 0 Å². The lowest BCUT2D eigenvalue weighted by molar-refractivity contribution is -0.122. The highest BCUT2D eigenvalue weighted by atomic mass is 16.1. The van der Waals surface area contributed by atoms with E-state index in [0.29, 0.717) is 17.8 Å². The maximum Gasteiger partial charge on any atom is 0.147 e. The topological polar surface area (TPSA) is 45.2 Å². The highest BCUT2D eigenvalue weighted by Gasteiger charge is 2.53. The fourth-order valence-corrected chi connectivity index (χ4v) is 3.99. The summed E-state index contributed by atoms with van der Waals surface area (Å²) >= 11 is 0. The quantitative estimate of drug-likeness (QED) is 0.883. The van der Waals surface area contributed by atoms with Crippen molar-refractivity contribution in [1.29, 1.82) is 0 Å². The standard InChI is InChI=1S/C15H21N3O/c1-8(2)12-13-10-5-6-16-7-11(10)17-15(13)18(4)14(12)9(3)19/h5-8,12-15,17H,1-4H3. The van der Waals surface area contributed by atoms with Crippen LogP contribution >= 0.6 is 0 Å². The number of pyridine rings is 1. The first-order valence-corrected chi connectivity index (χ1v) is 6.95. The molecule has 0 bridgehead atoms. The summed E-state index contributed by atoms with van der Waals surface area (Å²) in [7, 11) is 2.05. The van der Waals surface area contributed by atoms with Crippen LogP contribution in [0, 0.1) is 11.8 Å². The second-order valence-corrected chi connectivity index (χ2v) is 6.12. The summed E-state index contributed by atoms with van der Waals surface area (Å²) in [6, 6.07) is 2.11. The van der Waals surface area contributed by atoms with Crippen LogP contribution in [0.3, 0.4) is 0 Å². The molecular formula is C15H21N3O. The van der Waals surface area contributed by atoms with Crippen molar-refractivity contribution in [3.05, 3.63) is 24.0 Å². The van der Waals surface area contributed by atoms with Gasteiger partial charge in [-0.1, -0.05) is 13.8 Å². The number of hydrogen-bond donors (Lipinski definition) is 1. The molecule has 0 aliphatic carbocycles. The van der Waals surface area contributed by atoms with Crippen molar-refractivity contribution in [2.24, 2.45) is 11.8 Å². The lowest BCUT2D eigenvalue weighted by atomic mass is 9.77. The van der Waals surface area contributed by atoms with E-state index in [2.05, 4.69) is 42.2 Å². The zero-order valence-corrected chi connectivity index (χ0v) is 11.9. The average Bonchev–Trinajstić information content (AvgIpc) is 2.85. The van der Waals surface area contributed by atoms with Gasteiger partial charge in [-0.3, -0.25) is 14.7 Å². The number of rotatable bonds is 2. The maximum absolute atomic E-state index is 12.0. The van der Waals surface area contributed by atoms with Crippen molar-refractivity contribution in [2.45, 2.75) is 38.9 Å². The van der Waals surface area contributed by atoms with E-state index in [-0.39, 0.29) is 18.0 Å². The van der Waals surface area contributed by atoms with Gasteiger partial charge in [0.05, 0.1) is 24.1 Å². The molecule has 1 saturated heterocycles. The van der Waals surface area contributed by atoms with Crippen LogP contribution in [0.5, 0.6) is 0 Å². The summed E-state index contributed by atoms with van der Waals surface area (Å²) in [5.41, 5.74) is 2.44. The van der Waals surface area contributed by atoms with Gasteiger partial charge in [-0.15, -0.1) is 0 Å². The number of carbonyl (C=O) groups is 1. The molecule has 1 fully saturated rings. The molecule has 0 aromatic carbocycles. The largest absolute Gasteiger partial charge is 0.368 e. The third-order valence-electron chi connectivity index (χ3n) is 4.70. The van der Waals surface area contributed by atoms with Crippen LogP contribution in [-0.4, -0.2) is 34.9 Å². The Balaban J connectivity index is 2.07. The van der Waals surface area contributed by atoms with Gasteiger partial charge in [-0.05, 0) is 37.4 Å². The van der Waals surface area contributed by atoms with Crippen molar-refractivity contribution in [3.63, 3.8) is 0 Å². The van der Waals surface area contributed by atoms with Crippen molar-refractivity contribution in [3.8, 4) is 0 Å². The highest BCUT2D eigenvalue weighted by Crippen LogP contribution is 2.51. The van der Waals surface area contributed by atoms with Crippen LogP contribution in [-0.2, 0) is 4.79 Å². The Morgan fingerprint density at radius 2 is 2.21 bits per heavy atom. The Labute approximate surface area is 114 Å². The number of fused-ring (bicyclic) bond motifs is 3. The molecule has 3 rings (SSSR count). The summed E-state index contributed by atoms with van der Waals surface area (Å²) in [5.74, 6) is 1.50. The van der Waals surface area contributed by atoms with Crippen molar-refractivity contribution in [1.82, 2.24) is 9.88 Å². The molecule has 1 aromatic heterocycles. The first-order valence-electron chi connectivity index (χ1n) is 6.95. The average molecular weight is 259 g/mol. The third-order valence-corrected chi connectivity index (χ3v) is 4.70. The minimum Gasteiger partial charge on any atom is -0.368 e. The number of nitrogens with zero attached hydrogens (tertiary/aromatic N) is 2. The molecule has 0 amide bonds. The molecule has 4 heteroatoms. The minimum absolute atomic E-state index is 0.0174. The maximum atomic E-state index is 12.0. The molecule has 2 aliphatic rings. The Morgan fingerprint density at radius 1 is 1.47 bits per heavy atom. The molecule has 3 heterocycles. The van der Waals surface area contributed by atoms with Gasteiger partial charge in [0.2, 0.25) is 0 Å². The van der Waals surface area contributed by atoms with E-state index >= 15 is 0 Å². The number of hydrogen-bond acceptors (Lipinski definition) is 4. The Bertz CT molecular complexity index is 514. The smallest absolute Gasteiger partial charge is 0.147 e. The Hall–Kier alpha value is -1.42. The number of carbonyl (C=O) groups excluding carboxylic acids is 1. The molecule has 1 aromatic rings. The van der Waals surface area contributed by atoms with E-state index in [1.54, 1.807) is 6.92 Å². The van der Waals surface area contributed by atoms with Gasteiger partial charge in [0.1, 0.15) is 5.78 Å². The predicted octanol–water partition coefficient (Wildman–Crippen LogP) is 2.09. The van der Waals surface area contributed by atoms with E-state index < -0.39 is 0 Å². The minimum atomic E-state index is 0.0174. The first-order chi connectivity index (χ1) is 9.02. The van der Waals surface area contributed by atoms with Gasteiger partial charge in [0.25, 0.3) is 0 Å². The first kappa shape index (κ1) is 12.6. The normalized spacial score (nSPS) is 33.1. The molecule has 4 unspecified atom stereocenters. The van der Waals surface area contributed by atoms with Crippen molar-refractivity contribution >= 4 is 11.5 Å². The number of anilines is 1. The molecule has 4 nitrogen and oxygen atoms in total.